The number of rotatable bonds is 3. The zero-order valence-electron chi connectivity index (χ0n) is 9.46. The zero-order chi connectivity index (χ0) is 10.9. The summed E-state index contributed by atoms with van der Waals surface area (Å²) in [6.45, 7) is 2.07. The van der Waals surface area contributed by atoms with E-state index in [1.807, 2.05) is 0 Å². The van der Waals surface area contributed by atoms with E-state index in [-0.39, 0.29) is 5.92 Å². The van der Waals surface area contributed by atoms with Crippen LogP contribution in [0.25, 0.3) is 0 Å². The van der Waals surface area contributed by atoms with Crippen molar-refractivity contribution in [3.05, 3.63) is 0 Å². The molecule has 15 heavy (non-hydrogen) atoms. The predicted octanol–water partition coefficient (Wildman–Crippen LogP) is 2.16. The number of carboxylic acid groups (broad SMARTS) is 1. The molecule has 0 aromatic carbocycles. The summed E-state index contributed by atoms with van der Waals surface area (Å²) in [5.41, 5.74) is -0.616. The van der Waals surface area contributed by atoms with Gasteiger partial charge in [0.1, 0.15) is 5.54 Å². The van der Waals surface area contributed by atoms with E-state index < -0.39 is 11.5 Å². The summed E-state index contributed by atoms with van der Waals surface area (Å²) < 4.78 is 0. The number of nitrogens with one attached hydrogen (secondary N) is 1. The monoisotopic (exact) mass is 211 g/mol. The first kappa shape index (κ1) is 10.9. The molecular formula is C12H21NO2. The van der Waals surface area contributed by atoms with Crippen molar-refractivity contribution in [2.45, 2.75) is 63.5 Å². The molecule has 2 rings (SSSR count). The van der Waals surface area contributed by atoms with Crippen LogP contribution >= 0.6 is 0 Å². The van der Waals surface area contributed by atoms with Gasteiger partial charge < -0.3 is 5.11 Å². The topological polar surface area (TPSA) is 49.3 Å². The molecule has 86 valence electrons. The van der Waals surface area contributed by atoms with Crippen molar-refractivity contribution in [3.63, 3.8) is 0 Å². The van der Waals surface area contributed by atoms with E-state index in [0.29, 0.717) is 6.04 Å². The largest absolute Gasteiger partial charge is 0.480 e. The van der Waals surface area contributed by atoms with Gasteiger partial charge in [-0.1, -0.05) is 26.2 Å². The Morgan fingerprint density at radius 3 is 2.40 bits per heavy atom. The van der Waals surface area contributed by atoms with Gasteiger partial charge in [0.2, 0.25) is 0 Å². The highest BCUT2D eigenvalue weighted by atomic mass is 16.4. The molecule has 0 spiro atoms. The lowest BCUT2D eigenvalue weighted by Gasteiger charge is -2.33. The van der Waals surface area contributed by atoms with Gasteiger partial charge in [0.15, 0.2) is 0 Å². The van der Waals surface area contributed by atoms with Gasteiger partial charge in [0.25, 0.3) is 0 Å². The molecule has 0 aromatic rings. The van der Waals surface area contributed by atoms with Crippen LogP contribution in [-0.2, 0) is 4.79 Å². The summed E-state index contributed by atoms with van der Waals surface area (Å²) in [7, 11) is 0. The molecular weight excluding hydrogens is 190 g/mol. The van der Waals surface area contributed by atoms with Crippen molar-refractivity contribution in [2.75, 3.05) is 0 Å². The maximum atomic E-state index is 11.5. The average Bonchev–Trinajstić information content (AvgIpc) is 2.78. The van der Waals surface area contributed by atoms with Crippen molar-refractivity contribution in [1.29, 1.82) is 0 Å². The molecule has 0 aliphatic heterocycles. The van der Waals surface area contributed by atoms with Crippen LogP contribution in [0.2, 0.25) is 0 Å². The second-order valence-corrected chi connectivity index (χ2v) is 5.20. The molecule has 2 saturated carbocycles. The molecule has 3 nitrogen and oxygen atoms in total. The summed E-state index contributed by atoms with van der Waals surface area (Å²) in [6, 6.07) is 0.446. The van der Waals surface area contributed by atoms with Crippen molar-refractivity contribution < 1.29 is 9.90 Å². The van der Waals surface area contributed by atoms with Crippen LogP contribution < -0.4 is 5.32 Å². The highest BCUT2D eigenvalue weighted by molar-refractivity contribution is 5.79. The van der Waals surface area contributed by atoms with Gasteiger partial charge >= 0.3 is 5.97 Å². The zero-order valence-corrected chi connectivity index (χ0v) is 9.46. The summed E-state index contributed by atoms with van der Waals surface area (Å²) in [5.74, 6) is -0.366. The third-order valence-corrected chi connectivity index (χ3v) is 4.25. The molecule has 2 unspecified atom stereocenters. The number of hydrogen-bond donors (Lipinski definition) is 2. The Kier molecular flexibility index (Phi) is 3.01. The Morgan fingerprint density at radius 2 is 1.93 bits per heavy atom. The summed E-state index contributed by atoms with van der Waals surface area (Å²) in [5, 5.41) is 12.9. The first-order valence-corrected chi connectivity index (χ1v) is 6.16. The summed E-state index contributed by atoms with van der Waals surface area (Å²) in [4.78, 5) is 11.5. The molecule has 0 radical (unpaired) electrons. The van der Waals surface area contributed by atoms with Gasteiger partial charge in [-0.15, -0.1) is 0 Å². The summed E-state index contributed by atoms with van der Waals surface area (Å²) >= 11 is 0. The van der Waals surface area contributed by atoms with Gasteiger partial charge in [-0.05, 0) is 31.6 Å². The standard InChI is InChI=1S/C12H21NO2/c1-9-5-4-8-12(9,11(14)15)13-10-6-2-3-7-10/h9-10,13H,2-8H2,1H3,(H,14,15). The van der Waals surface area contributed by atoms with Crippen LogP contribution in [0.15, 0.2) is 0 Å². The first-order chi connectivity index (χ1) is 7.15. The van der Waals surface area contributed by atoms with Crippen LogP contribution in [0.4, 0.5) is 0 Å². The molecule has 2 fully saturated rings. The van der Waals surface area contributed by atoms with Crippen molar-refractivity contribution in [1.82, 2.24) is 5.32 Å². The number of hydrogen-bond acceptors (Lipinski definition) is 2. The van der Waals surface area contributed by atoms with E-state index >= 15 is 0 Å². The summed E-state index contributed by atoms with van der Waals surface area (Å²) in [6.07, 6.45) is 7.71. The molecule has 0 bridgehead atoms. The second-order valence-electron chi connectivity index (χ2n) is 5.20. The lowest BCUT2D eigenvalue weighted by atomic mass is 9.87. The third-order valence-electron chi connectivity index (χ3n) is 4.25. The Bertz CT molecular complexity index is 248. The molecule has 2 aliphatic rings. The van der Waals surface area contributed by atoms with Crippen molar-refractivity contribution in [2.24, 2.45) is 5.92 Å². The average molecular weight is 211 g/mol. The van der Waals surface area contributed by atoms with Gasteiger partial charge in [0, 0.05) is 6.04 Å². The molecule has 0 aromatic heterocycles. The smallest absolute Gasteiger partial charge is 0.324 e. The van der Waals surface area contributed by atoms with E-state index in [0.717, 1.165) is 32.1 Å². The van der Waals surface area contributed by atoms with Crippen molar-refractivity contribution >= 4 is 5.97 Å². The molecule has 3 heteroatoms. The Morgan fingerprint density at radius 1 is 1.27 bits per heavy atom. The third kappa shape index (κ3) is 1.89. The number of aliphatic carboxylic acids is 1. The van der Waals surface area contributed by atoms with E-state index in [1.165, 1.54) is 12.8 Å². The highest BCUT2D eigenvalue weighted by Crippen LogP contribution is 2.37. The molecule has 2 atom stereocenters. The van der Waals surface area contributed by atoms with Gasteiger partial charge in [0.05, 0.1) is 0 Å². The molecule has 2 N–H and O–H groups in total. The van der Waals surface area contributed by atoms with Crippen LogP contribution in [0.1, 0.15) is 51.9 Å². The number of carboxylic acids is 1. The fourth-order valence-corrected chi connectivity index (χ4v) is 3.21. The lowest BCUT2D eigenvalue weighted by Crippen LogP contribution is -2.57. The minimum absolute atomic E-state index is 0.274. The van der Waals surface area contributed by atoms with E-state index in [9.17, 15) is 9.90 Å². The van der Waals surface area contributed by atoms with Crippen LogP contribution in [0.3, 0.4) is 0 Å². The Labute approximate surface area is 91.2 Å². The van der Waals surface area contributed by atoms with Crippen LogP contribution in [-0.4, -0.2) is 22.7 Å². The molecule has 0 saturated heterocycles. The maximum absolute atomic E-state index is 11.5. The highest BCUT2D eigenvalue weighted by Gasteiger charge is 2.48. The van der Waals surface area contributed by atoms with E-state index in [1.54, 1.807) is 0 Å². The molecule has 0 amide bonds. The SMILES string of the molecule is CC1CCCC1(NC1CCCC1)C(=O)O. The van der Waals surface area contributed by atoms with E-state index in [2.05, 4.69) is 12.2 Å². The van der Waals surface area contributed by atoms with Gasteiger partial charge in [-0.2, -0.15) is 0 Å². The lowest BCUT2D eigenvalue weighted by molar-refractivity contribution is -0.146. The Hall–Kier alpha value is -0.570. The normalized spacial score (nSPS) is 37.3. The van der Waals surface area contributed by atoms with Gasteiger partial charge in [-0.3, -0.25) is 10.1 Å². The van der Waals surface area contributed by atoms with Crippen LogP contribution in [0.5, 0.6) is 0 Å². The van der Waals surface area contributed by atoms with E-state index in [4.69, 9.17) is 0 Å². The Balaban J connectivity index is 2.08. The predicted molar refractivity (Wildman–Crippen MR) is 58.8 cm³/mol. The number of carbonyl (C=O) groups is 1. The fraction of sp³-hybridized carbons (Fsp3) is 0.917. The second kappa shape index (κ2) is 4.12. The van der Waals surface area contributed by atoms with Crippen molar-refractivity contribution in [3.8, 4) is 0 Å². The van der Waals surface area contributed by atoms with Gasteiger partial charge in [-0.25, -0.2) is 0 Å². The maximum Gasteiger partial charge on any atom is 0.324 e. The quantitative estimate of drug-likeness (QED) is 0.752. The first-order valence-electron chi connectivity index (χ1n) is 6.16. The molecule has 2 aliphatic carbocycles. The minimum Gasteiger partial charge on any atom is -0.480 e. The van der Waals surface area contributed by atoms with Crippen LogP contribution in [0, 0.1) is 5.92 Å². The fourth-order valence-electron chi connectivity index (χ4n) is 3.21. The minimum atomic E-state index is -0.639. The molecule has 0 heterocycles.